The summed E-state index contributed by atoms with van der Waals surface area (Å²) in [5.74, 6) is -0.787. The summed E-state index contributed by atoms with van der Waals surface area (Å²) in [5, 5.41) is 17.1. The maximum absolute atomic E-state index is 10.8. The Morgan fingerprint density at radius 2 is 2.00 bits per heavy atom. The van der Waals surface area contributed by atoms with Gasteiger partial charge in [0, 0.05) is 0 Å². The Morgan fingerprint density at radius 3 is 2.33 bits per heavy atom. The quantitative estimate of drug-likeness (QED) is 0.252. The highest BCUT2D eigenvalue weighted by Gasteiger charge is 2.27. The Morgan fingerprint density at radius 1 is 1.50 bits per heavy atom. The van der Waals surface area contributed by atoms with Crippen LogP contribution in [0, 0.1) is 0 Å². The van der Waals surface area contributed by atoms with E-state index in [1.54, 1.807) is 0 Å². The van der Waals surface area contributed by atoms with Crippen molar-refractivity contribution in [2.45, 2.75) is 9.52 Å². The van der Waals surface area contributed by atoms with E-state index in [9.17, 15) is 4.79 Å². The predicted octanol–water partition coefficient (Wildman–Crippen LogP) is -0.674. The summed E-state index contributed by atoms with van der Waals surface area (Å²) in [6, 6.07) is 0. The molecular weight excluding hydrogens is 220 g/mol. The van der Waals surface area contributed by atoms with Crippen LogP contribution in [0.1, 0.15) is 0 Å². The number of esters is 1. The molecule has 0 aliphatic heterocycles. The molecule has 0 aromatic rings. The fraction of sp³-hybridized carbons (Fsp3) is 0.800. The van der Waals surface area contributed by atoms with Gasteiger partial charge >= 0.3 is 5.97 Å². The number of rotatable bonds is 4. The monoisotopic (exact) mass is 230 g/mol. The number of aliphatic hydroxyl groups is 2. The van der Waals surface area contributed by atoms with Gasteiger partial charge in [0.05, 0.1) is 6.61 Å². The van der Waals surface area contributed by atoms with Crippen LogP contribution in [-0.4, -0.2) is 38.9 Å². The van der Waals surface area contributed by atoms with Crippen LogP contribution in [0.2, 0.25) is 0 Å². The second kappa shape index (κ2) is 5.23. The van der Waals surface area contributed by atoms with Gasteiger partial charge in [0.2, 0.25) is 0 Å². The smallest absolute Gasteiger partial charge is 0.342 e. The van der Waals surface area contributed by atoms with Gasteiger partial charge < -0.3 is 14.9 Å². The third-order valence-electron chi connectivity index (χ3n) is 0.891. The van der Waals surface area contributed by atoms with Crippen LogP contribution in [0.3, 0.4) is 0 Å². The van der Waals surface area contributed by atoms with Crippen molar-refractivity contribution < 1.29 is 19.7 Å². The number of hydrogen-bond donors (Lipinski definition) is 5. The van der Waals surface area contributed by atoms with Crippen LogP contribution >= 0.6 is 37.9 Å². The fourth-order valence-electron chi connectivity index (χ4n) is 0.321. The number of ether oxygens (including phenoxy) is 1. The number of thiol groups is 3. The van der Waals surface area contributed by atoms with Crippen LogP contribution in [0.5, 0.6) is 0 Å². The number of carbonyl (C=O) groups excluding carboxylic acids is 1. The molecule has 2 N–H and O–H groups in total. The zero-order valence-electron chi connectivity index (χ0n) is 6.04. The Hall–Kier alpha value is 0.440. The normalized spacial score (nSPS) is 14.1. The predicted molar refractivity (Wildman–Crippen MR) is 53.7 cm³/mol. The van der Waals surface area contributed by atoms with Crippen molar-refractivity contribution in [3.05, 3.63) is 0 Å². The Kier molecular flexibility index (Phi) is 5.42. The molecule has 1 atom stereocenters. The van der Waals surface area contributed by atoms with Gasteiger partial charge in [0.25, 0.3) is 0 Å². The van der Waals surface area contributed by atoms with Crippen LogP contribution in [-0.2, 0) is 9.53 Å². The van der Waals surface area contributed by atoms with Crippen molar-refractivity contribution in [1.29, 1.82) is 0 Å². The van der Waals surface area contributed by atoms with Crippen LogP contribution in [0.4, 0.5) is 0 Å². The minimum Gasteiger partial charge on any atom is -0.461 e. The Bertz CT molecular complexity index is 155. The van der Waals surface area contributed by atoms with E-state index in [1.165, 1.54) is 0 Å². The summed E-state index contributed by atoms with van der Waals surface area (Å²) in [6.45, 7) is -0.759. The lowest BCUT2D eigenvalue weighted by Crippen LogP contribution is -2.28. The van der Waals surface area contributed by atoms with E-state index in [4.69, 9.17) is 10.2 Å². The summed E-state index contributed by atoms with van der Waals surface area (Å²) in [7, 11) is 0. The number of carbonyl (C=O) groups is 1. The van der Waals surface area contributed by atoms with E-state index in [0.29, 0.717) is 0 Å². The van der Waals surface area contributed by atoms with Gasteiger partial charge in [-0.05, 0) is 0 Å². The van der Waals surface area contributed by atoms with Gasteiger partial charge in [-0.25, -0.2) is 4.79 Å². The molecule has 0 aliphatic rings. The molecule has 0 saturated heterocycles. The average molecular weight is 230 g/mol. The van der Waals surface area contributed by atoms with E-state index in [-0.39, 0.29) is 6.61 Å². The zero-order valence-corrected chi connectivity index (χ0v) is 8.73. The second-order valence-electron chi connectivity index (χ2n) is 2.07. The van der Waals surface area contributed by atoms with E-state index in [1.807, 2.05) is 0 Å². The Balaban J connectivity index is 3.73. The highest BCUT2D eigenvalue weighted by Crippen LogP contribution is 2.25. The lowest BCUT2D eigenvalue weighted by molar-refractivity contribution is -0.145. The molecule has 12 heavy (non-hydrogen) atoms. The average Bonchev–Trinajstić information content (AvgIpc) is 1.97. The van der Waals surface area contributed by atoms with E-state index in [2.05, 4.69) is 42.6 Å². The minimum atomic E-state index is -1.48. The van der Waals surface area contributed by atoms with Crippen molar-refractivity contribution >= 4 is 43.9 Å². The third kappa shape index (κ3) is 5.15. The van der Waals surface area contributed by atoms with Crippen molar-refractivity contribution in [1.82, 2.24) is 0 Å². The maximum atomic E-state index is 10.8. The second-order valence-corrected chi connectivity index (χ2v) is 5.14. The van der Waals surface area contributed by atoms with Gasteiger partial charge in [-0.2, -0.15) is 0 Å². The molecule has 0 fully saturated rings. The van der Waals surface area contributed by atoms with Crippen LogP contribution in [0.15, 0.2) is 0 Å². The molecule has 0 saturated carbocycles. The standard InChI is InChI=1S/C5H10O4S3/c6-1-3(7)2-9-4(8)5(10,11)12/h3,6-7,10-12H,1-2H2. The topological polar surface area (TPSA) is 66.8 Å². The molecule has 7 heteroatoms. The summed E-state index contributed by atoms with van der Waals surface area (Å²) in [4.78, 5) is 10.8. The highest BCUT2D eigenvalue weighted by molar-refractivity contribution is 8.18. The Labute approximate surface area is 86.5 Å². The van der Waals surface area contributed by atoms with Crippen molar-refractivity contribution in [2.24, 2.45) is 0 Å². The molecule has 0 aliphatic carbocycles. The molecule has 0 bridgehead atoms. The molecule has 0 heterocycles. The van der Waals surface area contributed by atoms with E-state index < -0.39 is 22.1 Å². The first-order valence-corrected chi connectivity index (χ1v) is 4.35. The first-order valence-electron chi connectivity index (χ1n) is 3.01. The third-order valence-corrected chi connectivity index (χ3v) is 1.44. The molecule has 72 valence electrons. The van der Waals surface area contributed by atoms with Gasteiger partial charge in [0.15, 0.2) is 3.41 Å². The van der Waals surface area contributed by atoms with Gasteiger partial charge in [-0.15, -0.1) is 37.9 Å². The molecule has 0 radical (unpaired) electrons. The van der Waals surface area contributed by atoms with E-state index >= 15 is 0 Å². The van der Waals surface area contributed by atoms with Crippen molar-refractivity contribution in [2.75, 3.05) is 13.2 Å². The zero-order chi connectivity index (χ0) is 9.78. The first-order chi connectivity index (χ1) is 5.38. The summed E-state index contributed by atoms with van der Waals surface area (Å²) in [6.07, 6.45) is -1.08. The molecule has 0 aromatic carbocycles. The summed E-state index contributed by atoms with van der Waals surface area (Å²) in [5.41, 5.74) is 0. The summed E-state index contributed by atoms with van der Waals surface area (Å²) < 4.78 is 3.00. The van der Waals surface area contributed by atoms with Crippen LogP contribution in [0.25, 0.3) is 0 Å². The molecular formula is C5H10O4S3. The largest absolute Gasteiger partial charge is 0.461 e. The fourth-order valence-corrected chi connectivity index (χ4v) is 0.515. The van der Waals surface area contributed by atoms with Gasteiger partial charge in [-0.1, -0.05) is 0 Å². The molecule has 1 unspecified atom stereocenters. The molecule has 0 rings (SSSR count). The first kappa shape index (κ1) is 12.4. The molecule has 0 aromatic heterocycles. The lowest BCUT2D eigenvalue weighted by Gasteiger charge is -2.15. The lowest BCUT2D eigenvalue weighted by atomic mass is 10.4. The van der Waals surface area contributed by atoms with Gasteiger partial charge in [0.1, 0.15) is 12.7 Å². The van der Waals surface area contributed by atoms with Gasteiger partial charge in [-0.3, -0.25) is 0 Å². The van der Waals surface area contributed by atoms with Crippen LogP contribution < -0.4 is 0 Å². The molecule has 4 nitrogen and oxygen atoms in total. The number of aliphatic hydroxyl groups excluding tert-OH is 2. The SMILES string of the molecule is O=C(OCC(O)CO)C(S)(S)S. The summed E-state index contributed by atoms with van der Waals surface area (Å²) >= 11 is 11.1. The maximum Gasteiger partial charge on any atom is 0.342 e. The van der Waals surface area contributed by atoms with Crippen molar-refractivity contribution in [3.8, 4) is 0 Å². The van der Waals surface area contributed by atoms with Crippen molar-refractivity contribution in [3.63, 3.8) is 0 Å². The minimum absolute atomic E-state index is 0.293. The van der Waals surface area contributed by atoms with E-state index in [0.717, 1.165) is 0 Å². The molecule has 0 amide bonds. The number of hydrogen-bond acceptors (Lipinski definition) is 7. The molecule has 0 spiro atoms. The highest BCUT2D eigenvalue weighted by atomic mass is 32.2.